The number of halogens is 1. The average Bonchev–Trinajstić information content (AvgIpc) is 3.17. The summed E-state index contributed by atoms with van der Waals surface area (Å²) in [5.41, 5.74) is 0.188. The molecule has 1 saturated carbocycles. The van der Waals surface area contributed by atoms with Gasteiger partial charge in [0, 0.05) is 0 Å². The maximum Gasteiger partial charge on any atom is 0.371 e. The third-order valence-corrected chi connectivity index (χ3v) is 3.88. The summed E-state index contributed by atoms with van der Waals surface area (Å²) in [4.78, 5) is 23.1. The fourth-order valence-electron chi connectivity index (χ4n) is 2.47. The molecule has 1 amide bonds. The first-order valence-electron chi connectivity index (χ1n) is 6.88. The molecule has 22 heavy (non-hydrogen) atoms. The van der Waals surface area contributed by atoms with Crippen molar-refractivity contribution in [3.63, 3.8) is 0 Å². The van der Waals surface area contributed by atoms with Crippen molar-refractivity contribution in [1.29, 1.82) is 0 Å². The topological polar surface area (TPSA) is 79.5 Å². The van der Waals surface area contributed by atoms with Gasteiger partial charge in [0.2, 0.25) is 11.7 Å². The molecule has 3 rings (SSSR count). The number of aromatic carboxylic acids is 1. The summed E-state index contributed by atoms with van der Waals surface area (Å²) >= 11 is 0. The Labute approximate surface area is 125 Å². The standard InChI is InChI=1S/C16H14FNO4/c17-11-3-1-10(2-4-11)16(7-8-16)15(21)18-9-12-5-6-13(22-12)14(19)20/h1-6H,7-9H2,(H,18,21)(H,19,20). The van der Waals surface area contributed by atoms with Crippen LogP contribution in [-0.4, -0.2) is 17.0 Å². The van der Waals surface area contributed by atoms with E-state index >= 15 is 0 Å². The predicted octanol–water partition coefficient (Wildman–Crippen LogP) is 2.46. The molecule has 1 aliphatic carbocycles. The Bertz CT molecular complexity index is 716. The molecular formula is C16H14FNO4. The van der Waals surface area contributed by atoms with Gasteiger partial charge in [0.05, 0.1) is 12.0 Å². The van der Waals surface area contributed by atoms with Crippen molar-refractivity contribution in [2.24, 2.45) is 0 Å². The van der Waals surface area contributed by atoms with Crippen LogP contribution in [0.2, 0.25) is 0 Å². The molecule has 5 nitrogen and oxygen atoms in total. The van der Waals surface area contributed by atoms with Crippen molar-refractivity contribution in [3.8, 4) is 0 Å². The molecule has 1 aromatic carbocycles. The van der Waals surface area contributed by atoms with E-state index in [9.17, 15) is 14.0 Å². The van der Waals surface area contributed by atoms with Gasteiger partial charge in [0.1, 0.15) is 11.6 Å². The van der Waals surface area contributed by atoms with Gasteiger partial charge in [-0.2, -0.15) is 0 Å². The van der Waals surface area contributed by atoms with Crippen LogP contribution in [0.15, 0.2) is 40.8 Å². The van der Waals surface area contributed by atoms with Crippen LogP contribution < -0.4 is 5.32 Å². The Kier molecular flexibility index (Phi) is 3.44. The molecule has 2 aromatic rings. The van der Waals surface area contributed by atoms with Crippen molar-refractivity contribution in [1.82, 2.24) is 5.32 Å². The van der Waals surface area contributed by atoms with Crippen molar-refractivity contribution >= 4 is 11.9 Å². The van der Waals surface area contributed by atoms with Crippen molar-refractivity contribution in [2.75, 3.05) is 0 Å². The highest BCUT2D eigenvalue weighted by atomic mass is 19.1. The van der Waals surface area contributed by atoms with E-state index in [1.165, 1.54) is 24.3 Å². The maximum atomic E-state index is 13.0. The first-order valence-corrected chi connectivity index (χ1v) is 6.88. The zero-order chi connectivity index (χ0) is 15.7. The second-order valence-corrected chi connectivity index (χ2v) is 5.34. The number of benzene rings is 1. The smallest absolute Gasteiger partial charge is 0.371 e. The molecule has 1 heterocycles. The van der Waals surface area contributed by atoms with Gasteiger partial charge >= 0.3 is 5.97 Å². The van der Waals surface area contributed by atoms with Crippen LogP contribution in [-0.2, 0) is 16.8 Å². The number of hydrogen-bond acceptors (Lipinski definition) is 3. The number of carbonyl (C=O) groups is 2. The van der Waals surface area contributed by atoms with Crippen LogP contribution in [0.25, 0.3) is 0 Å². The normalized spacial score (nSPS) is 15.3. The lowest BCUT2D eigenvalue weighted by Gasteiger charge is -2.15. The Balaban J connectivity index is 1.66. The zero-order valence-electron chi connectivity index (χ0n) is 11.6. The molecule has 0 bridgehead atoms. The summed E-state index contributed by atoms with van der Waals surface area (Å²) in [5, 5.41) is 11.5. The molecule has 0 radical (unpaired) electrons. The lowest BCUT2D eigenvalue weighted by atomic mass is 9.95. The fourth-order valence-corrected chi connectivity index (χ4v) is 2.47. The van der Waals surface area contributed by atoms with E-state index in [-0.39, 0.29) is 24.0 Å². The molecule has 1 fully saturated rings. The average molecular weight is 303 g/mol. The SMILES string of the molecule is O=C(O)c1ccc(CNC(=O)C2(c3ccc(F)cc3)CC2)o1. The van der Waals surface area contributed by atoms with Crippen molar-refractivity contribution in [2.45, 2.75) is 24.8 Å². The summed E-state index contributed by atoms with van der Waals surface area (Å²) in [7, 11) is 0. The van der Waals surface area contributed by atoms with E-state index in [2.05, 4.69) is 5.32 Å². The van der Waals surface area contributed by atoms with Gasteiger partial charge in [-0.15, -0.1) is 0 Å². The van der Waals surface area contributed by atoms with Gasteiger partial charge < -0.3 is 14.8 Å². The lowest BCUT2D eigenvalue weighted by molar-refractivity contribution is -0.123. The number of furan rings is 1. The Morgan fingerprint density at radius 3 is 2.41 bits per heavy atom. The van der Waals surface area contributed by atoms with E-state index in [4.69, 9.17) is 9.52 Å². The molecule has 0 saturated heterocycles. The van der Waals surface area contributed by atoms with Gasteiger partial charge in [-0.25, -0.2) is 9.18 Å². The van der Waals surface area contributed by atoms with Crippen LogP contribution in [0.3, 0.4) is 0 Å². The Hall–Kier alpha value is -2.63. The minimum Gasteiger partial charge on any atom is -0.475 e. The van der Waals surface area contributed by atoms with E-state index in [1.54, 1.807) is 12.1 Å². The van der Waals surface area contributed by atoms with E-state index in [0.717, 1.165) is 5.56 Å². The number of carbonyl (C=O) groups excluding carboxylic acids is 1. The third-order valence-electron chi connectivity index (χ3n) is 3.88. The second kappa shape index (κ2) is 5.29. The molecule has 114 valence electrons. The predicted molar refractivity (Wildman–Crippen MR) is 74.8 cm³/mol. The van der Waals surface area contributed by atoms with E-state index < -0.39 is 11.4 Å². The van der Waals surface area contributed by atoms with Crippen LogP contribution in [0.5, 0.6) is 0 Å². The molecule has 1 aromatic heterocycles. The first-order chi connectivity index (χ1) is 10.5. The third kappa shape index (κ3) is 2.59. The molecule has 6 heteroatoms. The van der Waals surface area contributed by atoms with Crippen LogP contribution in [0, 0.1) is 5.82 Å². The molecule has 0 aliphatic heterocycles. The Morgan fingerprint density at radius 2 is 1.86 bits per heavy atom. The maximum absolute atomic E-state index is 13.0. The summed E-state index contributed by atoms with van der Waals surface area (Å²) in [6.45, 7) is 0.120. The fraction of sp³-hybridized carbons (Fsp3) is 0.250. The van der Waals surface area contributed by atoms with E-state index in [0.29, 0.717) is 18.6 Å². The summed E-state index contributed by atoms with van der Waals surface area (Å²) < 4.78 is 18.1. The number of nitrogens with one attached hydrogen (secondary N) is 1. The van der Waals surface area contributed by atoms with Crippen LogP contribution in [0.4, 0.5) is 4.39 Å². The van der Waals surface area contributed by atoms with Crippen LogP contribution >= 0.6 is 0 Å². The minimum absolute atomic E-state index is 0.120. The zero-order valence-corrected chi connectivity index (χ0v) is 11.6. The van der Waals surface area contributed by atoms with E-state index in [1.807, 2.05) is 0 Å². The van der Waals surface area contributed by atoms with Gasteiger partial charge in [0.15, 0.2) is 0 Å². The largest absolute Gasteiger partial charge is 0.475 e. The molecule has 0 spiro atoms. The molecular weight excluding hydrogens is 289 g/mol. The first kappa shape index (κ1) is 14.3. The molecule has 0 unspecified atom stereocenters. The van der Waals surface area contributed by atoms with Crippen molar-refractivity contribution < 1.29 is 23.5 Å². The molecule has 0 atom stereocenters. The number of amides is 1. The summed E-state index contributed by atoms with van der Waals surface area (Å²) in [5.74, 6) is -1.43. The van der Waals surface area contributed by atoms with Crippen molar-refractivity contribution in [3.05, 3.63) is 59.3 Å². The van der Waals surface area contributed by atoms with Gasteiger partial charge in [-0.1, -0.05) is 12.1 Å². The second-order valence-electron chi connectivity index (χ2n) is 5.34. The van der Waals surface area contributed by atoms with Crippen LogP contribution in [0.1, 0.15) is 34.7 Å². The Morgan fingerprint density at radius 1 is 1.18 bits per heavy atom. The highest BCUT2D eigenvalue weighted by Crippen LogP contribution is 2.48. The number of rotatable bonds is 5. The molecule has 2 N–H and O–H groups in total. The summed E-state index contributed by atoms with van der Waals surface area (Å²) in [6, 6.07) is 8.79. The van der Waals surface area contributed by atoms with Gasteiger partial charge in [-0.05, 0) is 42.7 Å². The summed E-state index contributed by atoms with van der Waals surface area (Å²) in [6.07, 6.45) is 1.42. The highest BCUT2D eigenvalue weighted by molar-refractivity contribution is 5.91. The monoisotopic (exact) mass is 303 g/mol. The highest BCUT2D eigenvalue weighted by Gasteiger charge is 2.51. The minimum atomic E-state index is -1.15. The van der Waals surface area contributed by atoms with Gasteiger partial charge in [-0.3, -0.25) is 4.79 Å². The lowest BCUT2D eigenvalue weighted by Crippen LogP contribution is -2.34. The quantitative estimate of drug-likeness (QED) is 0.889. The number of hydrogen-bond donors (Lipinski definition) is 2. The number of carboxylic acid groups (broad SMARTS) is 1. The van der Waals surface area contributed by atoms with Gasteiger partial charge in [0.25, 0.3) is 0 Å². The molecule has 1 aliphatic rings. The number of carboxylic acids is 1.